The van der Waals surface area contributed by atoms with E-state index in [2.05, 4.69) is 31.3 Å². The summed E-state index contributed by atoms with van der Waals surface area (Å²) in [5.41, 5.74) is 1.27. The molecule has 18 heavy (non-hydrogen) atoms. The molecule has 0 aromatic heterocycles. The molecule has 3 atom stereocenters. The van der Waals surface area contributed by atoms with E-state index in [9.17, 15) is 0 Å². The van der Waals surface area contributed by atoms with Gasteiger partial charge in [-0.15, -0.1) is 0 Å². The maximum Gasteiger partial charge on any atom is 0.0509 e. The van der Waals surface area contributed by atoms with Crippen molar-refractivity contribution in [3.63, 3.8) is 0 Å². The van der Waals surface area contributed by atoms with Crippen LogP contribution in [0.1, 0.15) is 38.3 Å². The topological polar surface area (TPSA) is 21.3 Å². The van der Waals surface area contributed by atoms with Gasteiger partial charge >= 0.3 is 0 Å². The summed E-state index contributed by atoms with van der Waals surface area (Å²) in [5, 5.41) is 4.52. The standard InChI is InChI=1S/C15H22ClNO/c1-3-15(12-5-4-6-14(16)9-12)17-11(2)13-7-8-18-10-13/h4-6,9,11,13,15,17H,3,7-8,10H2,1-2H3. The van der Waals surface area contributed by atoms with E-state index in [0.29, 0.717) is 18.0 Å². The summed E-state index contributed by atoms with van der Waals surface area (Å²) < 4.78 is 5.46. The van der Waals surface area contributed by atoms with Crippen molar-refractivity contribution >= 4 is 11.6 Å². The van der Waals surface area contributed by atoms with E-state index < -0.39 is 0 Å². The van der Waals surface area contributed by atoms with Gasteiger partial charge in [-0.25, -0.2) is 0 Å². The Kier molecular flexibility index (Phi) is 5.04. The lowest BCUT2D eigenvalue weighted by Crippen LogP contribution is -2.36. The maximum atomic E-state index is 6.06. The number of ether oxygens (including phenoxy) is 1. The highest BCUT2D eigenvalue weighted by Crippen LogP contribution is 2.24. The summed E-state index contributed by atoms with van der Waals surface area (Å²) in [6.07, 6.45) is 2.23. The molecule has 3 heteroatoms. The van der Waals surface area contributed by atoms with Gasteiger partial charge in [-0.2, -0.15) is 0 Å². The van der Waals surface area contributed by atoms with E-state index in [1.165, 1.54) is 12.0 Å². The molecule has 2 rings (SSSR count). The molecular weight excluding hydrogens is 246 g/mol. The maximum absolute atomic E-state index is 6.06. The average Bonchev–Trinajstić information content (AvgIpc) is 2.89. The van der Waals surface area contributed by atoms with Gasteiger partial charge in [-0.05, 0) is 43.4 Å². The highest BCUT2D eigenvalue weighted by molar-refractivity contribution is 6.30. The van der Waals surface area contributed by atoms with Crippen LogP contribution < -0.4 is 5.32 Å². The third-order valence-electron chi connectivity index (χ3n) is 3.80. The van der Waals surface area contributed by atoms with E-state index >= 15 is 0 Å². The Morgan fingerprint density at radius 2 is 2.33 bits per heavy atom. The quantitative estimate of drug-likeness (QED) is 0.876. The molecule has 1 aliphatic heterocycles. The van der Waals surface area contributed by atoms with Crippen LogP contribution in [0.25, 0.3) is 0 Å². The first-order chi connectivity index (χ1) is 8.70. The molecule has 3 unspecified atom stereocenters. The van der Waals surface area contributed by atoms with Crippen molar-refractivity contribution in [3.8, 4) is 0 Å². The molecule has 1 aromatic rings. The Morgan fingerprint density at radius 3 is 2.94 bits per heavy atom. The first-order valence-corrected chi connectivity index (χ1v) is 7.17. The van der Waals surface area contributed by atoms with Crippen LogP contribution in [-0.4, -0.2) is 19.3 Å². The monoisotopic (exact) mass is 267 g/mol. The molecule has 1 saturated heterocycles. The number of nitrogens with one attached hydrogen (secondary N) is 1. The zero-order valence-electron chi connectivity index (χ0n) is 11.2. The van der Waals surface area contributed by atoms with Crippen LogP contribution in [0.2, 0.25) is 5.02 Å². The van der Waals surface area contributed by atoms with Gasteiger partial charge < -0.3 is 10.1 Å². The Hall–Kier alpha value is -0.570. The lowest BCUT2D eigenvalue weighted by molar-refractivity contribution is 0.176. The molecule has 1 aromatic carbocycles. The highest BCUT2D eigenvalue weighted by Gasteiger charge is 2.24. The lowest BCUT2D eigenvalue weighted by Gasteiger charge is -2.26. The Morgan fingerprint density at radius 1 is 1.50 bits per heavy atom. The lowest BCUT2D eigenvalue weighted by atomic mass is 9.97. The van der Waals surface area contributed by atoms with Crippen molar-refractivity contribution in [1.82, 2.24) is 5.32 Å². The fourth-order valence-electron chi connectivity index (χ4n) is 2.57. The SMILES string of the molecule is CCC(NC(C)C1CCOC1)c1cccc(Cl)c1. The third kappa shape index (κ3) is 3.47. The summed E-state index contributed by atoms with van der Waals surface area (Å²) in [5.74, 6) is 0.637. The largest absolute Gasteiger partial charge is 0.381 e. The van der Waals surface area contributed by atoms with Crippen LogP contribution in [0.3, 0.4) is 0 Å². The number of halogens is 1. The van der Waals surface area contributed by atoms with Crippen molar-refractivity contribution < 1.29 is 4.74 Å². The van der Waals surface area contributed by atoms with Gasteiger partial charge in [0, 0.05) is 23.7 Å². The minimum atomic E-state index is 0.374. The number of hydrogen-bond acceptors (Lipinski definition) is 2. The van der Waals surface area contributed by atoms with E-state index in [0.717, 1.165) is 24.7 Å². The molecule has 0 radical (unpaired) electrons. The first kappa shape index (κ1) is 13.9. The van der Waals surface area contributed by atoms with Gasteiger partial charge in [0.05, 0.1) is 6.61 Å². The second-order valence-corrected chi connectivity index (χ2v) is 5.53. The molecule has 0 spiro atoms. The number of rotatable bonds is 5. The predicted octanol–water partition coefficient (Wildman–Crippen LogP) is 3.81. The average molecular weight is 268 g/mol. The van der Waals surface area contributed by atoms with Crippen LogP contribution in [0.15, 0.2) is 24.3 Å². The van der Waals surface area contributed by atoms with Crippen molar-refractivity contribution in [2.24, 2.45) is 5.92 Å². The molecule has 0 aliphatic carbocycles. The van der Waals surface area contributed by atoms with Gasteiger partial charge in [0.1, 0.15) is 0 Å². The molecule has 100 valence electrons. The van der Waals surface area contributed by atoms with E-state index in [1.807, 2.05) is 12.1 Å². The number of hydrogen-bond donors (Lipinski definition) is 1. The molecule has 0 saturated carbocycles. The summed E-state index contributed by atoms with van der Waals surface area (Å²) in [4.78, 5) is 0. The smallest absolute Gasteiger partial charge is 0.0509 e. The molecule has 1 fully saturated rings. The normalized spacial score (nSPS) is 22.9. The van der Waals surface area contributed by atoms with Crippen molar-refractivity contribution in [2.45, 2.75) is 38.8 Å². The Bertz CT molecular complexity index is 377. The second-order valence-electron chi connectivity index (χ2n) is 5.09. The van der Waals surface area contributed by atoms with Gasteiger partial charge in [-0.3, -0.25) is 0 Å². The molecule has 1 N–H and O–H groups in total. The van der Waals surface area contributed by atoms with Gasteiger partial charge in [0.15, 0.2) is 0 Å². The summed E-state index contributed by atoms with van der Waals surface area (Å²) in [6, 6.07) is 9.00. The van der Waals surface area contributed by atoms with E-state index in [-0.39, 0.29) is 0 Å². The fourth-order valence-corrected chi connectivity index (χ4v) is 2.77. The second kappa shape index (κ2) is 6.55. The zero-order chi connectivity index (χ0) is 13.0. The van der Waals surface area contributed by atoms with Crippen LogP contribution in [0.5, 0.6) is 0 Å². The summed E-state index contributed by atoms with van der Waals surface area (Å²) in [7, 11) is 0. The molecule has 2 nitrogen and oxygen atoms in total. The Balaban J connectivity index is 2.00. The van der Waals surface area contributed by atoms with Crippen molar-refractivity contribution in [1.29, 1.82) is 0 Å². The Labute approximate surface area is 115 Å². The summed E-state index contributed by atoms with van der Waals surface area (Å²) in [6.45, 7) is 6.26. The van der Waals surface area contributed by atoms with Crippen molar-refractivity contribution in [3.05, 3.63) is 34.9 Å². The van der Waals surface area contributed by atoms with Gasteiger partial charge in [0.25, 0.3) is 0 Å². The first-order valence-electron chi connectivity index (χ1n) is 6.80. The summed E-state index contributed by atoms with van der Waals surface area (Å²) >= 11 is 6.06. The third-order valence-corrected chi connectivity index (χ3v) is 4.03. The predicted molar refractivity (Wildman–Crippen MR) is 76.0 cm³/mol. The van der Waals surface area contributed by atoms with Crippen LogP contribution >= 0.6 is 11.6 Å². The van der Waals surface area contributed by atoms with Crippen molar-refractivity contribution in [2.75, 3.05) is 13.2 Å². The fraction of sp³-hybridized carbons (Fsp3) is 0.600. The van der Waals surface area contributed by atoms with Crippen LogP contribution in [0, 0.1) is 5.92 Å². The zero-order valence-corrected chi connectivity index (χ0v) is 11.9. The minimum absolute atomic E-state index is 0.374. The highest BCUT2D eigenvalue weighted by atomic mass is 35.5. The minimum Gasteiger partial charge on any atom is -0.381 e. The van der Waals surface area contributed by atoms with Crippen LogP contribution in [0.4, 0.5) is 0 Å². The number of benzene rings is 1. The van der Waals surface area contributed by atoms with Crippen LogP contribution in [-0.2, 0) is 4.74 Å². The molecule has 1 heterocycles. The molecule has 0 bridgehead atoms. The van der Waals surface area contributed by atoms with Gasteiger partial charge in [-0.1, -0.05) is 30.7 Å². The molecule has 0 amide bonds. The molecular formula is C15H22ClNO. The van der Waals surface area contributed by atoms with E-state index in [1.54, 1.807) is 0 Å². The van der Waals surface area contributed by atoms with Gasteiger partial charge in [0.2, 0.25) is 0 Å². The molecule has 1 aliphatic rings. The van der Waals surface area contributed by atoms with E-state index in [4.69, 9.17) is 16.3 Å².